The van der Waals surface area contributed by atoms with Crippen molar-refractivity contribution in [2.75, 3.05) is 19.3 Å². The summed E-state index contributed by atoms with van der Waals surface area (Å²) in [6.07, 6.45) is 3.94. The summed E-state index contributed by atoms with van der Waals surface area (Å²) in [6, 6.07) is 7.65. The molecule has 0 aliphatic rings. The van der Waals surface area contributed by atoms with Gasteiger partial charge in [-0.2, -0.15) is 11.8 Å². The zero-order valence-electron chi connectivity index (χ0n) is 11.1. The minimum absolute atomic E-state index is 0.00241. The fraction of sp³-hybridized carbons (Fsp3) is 0.500. The van der Waals surface area contributed by atoms with Gasteiger partial charge >= 0.3 is 0 Å². The minimum Gasteiger partial charge on any atom is -0.352 e. The summed E-state index contributed by atoms with van der Waals surface area (Å²) in [5.41, 5.74) is 7.37. The van der Waals surface area contributed by atoms with Crippen molar-refractivity contribution in [2.24, 2.45) is 5.73 Å². The highest BCUT2D eigenvalue weighted by atomic mass is 32.2. The summed E-state index contributed by atoms with van der Waals surface area (Å²) < 4.78 is 0. The van der Waals surface area contributed by atoms with Crippen LogP contribution in [-0.2, 0) is 6.42 Å². The Labute approximate surface area is 114 Å². The third-order valence-electron chi connectivity index (χ3n) is 2.89. The first-order valence-corrected chi connectivity index (χ1v) is 7.56. The van der Waals surface area contributed by atoms with E-state index < -0.39 is 0 Å². The zero-order valence-corrected chi connectivity index (χ0v) is 11.9. The number of rotatable bonds is 7. The number of hydrogen-bond acceptors (Lipinski definition) is 3. The number of carbonyl (C=O) groups excluding carboxylic acids is 1. The van der Waals surface area contributed by atoms with Gasteiger partial charge in [0.1, 0.15) is 0 Å². The minimum atomic E-state index is 0.00241. The van der Waals surface area contributed by atoms with Crippen LogP contribution in [0.4, 0.5) is 0 Å². The predicted molar refractivity (Wildman–Crippen MR) is 79.1 cm³/mol. The molecular formula is C14H22N2OS. The monoisotopic (exact) mass is 266 g/mol. The van der Waals surface area contributed by atoms with Crippen LogP contribution in [0.1, 0.15) is 29.3 Å². The molecule has 1 aromatic rings. The third-order valence-corrected chi connectivity index (χ3v) is 3.93. The first-order valence-electron chi connectivity index (χ1n) is 6.27. The van der Waals surface area contributed by atoms with E-state index in [0.717, 1.165) is 19.4 Å². The van der Waals surface area contributed by atoms with Crippen LogP contribution in [0, 0.1) is 0 Å². The van der Waals surface area contributed by atoms with Crippen molar-refractivity contribution < 1.29 is 4.79 Å². The molecule has 0 heterocycles. The van der Waals surface area contributed by atoms with E-state index in [0.29, 0.717) is 17.4 Å². The second-order valence-corrected chi connectivity index (χ2v) is 5.60. The van der Waals surface area contributed by atoms with E-state index in [9.17, 15) is 4.79 Å². The molecule has 0 aliphatic carbocycles. The number of benzene rings is 1. The van der Waals surface area contributed by atoms with Gasteiger partial charge in [0, 0.05) is 17.4 Å². The highest BCUT2D eigenvalue weighted by Gasteiger charge is 2.05. The quantitative estimate of drug-likeness (QED) is 0.794. The van der Waals surface area contributed by atoms with Crippen LogP contribution in [0.3, 0.4) is 0 Å². The molecule has 0 bridgehead atoms. The summed E-state index contributed by atoms with van der Waals surface area (Å²) in [5.74, 6) is 0.00241. The summed E-state index contributed by atoms with van der Waals surface area (Å²) >= 11 is 1.82. The largest absolute Gasteiger partial charge is 0.352 e. The van der Waals surface area contributed by atoms with Gasteiger partial charge in [0.2, 0.25) is 0 Å². The molecule has 4 heteroatoms. The Morgan fingerprint density at radius 1 is 1.39 bits per heavy atom. The van der Waals surface area contributed by atoms with Crippen molar-refractivity contribution in [3.05, 3.63) is 35.4 Å². The highest BCUT2D eigenvalue weighted by Crippen LogP contribution is 2.09. The number of hydrogen-bond donors (Lipinski definition) is 2. The van der Waals surface area contributed by atoms with Gasteiger partial charge < -0.3 is 11.1 Å². The lowest BCUT2D eigenvalue weighted by atomic mass is 10.1. The Balaban J connectivity index is 2.41. The van der Waals surface area contributed by atoms with Crippen molar-refractivity contribution >= 4 is 17.7 Å². The maximum absolute atomic E-state index is 11.8. The number of nitrogens with two attached hydrogens (primary N) is 1. The molecule has 1 rings (SSSR count). The summed E-state index contributed by atoms with van der Waals surface area (Å²) in [4.78, 5) is 11.8. The number of nitrogens with one attached hydrogen (secondary N) is 1. The first-order chi connectivity index (χ1) is 8.67. The molecule has 1 atom stereocenters. The molecule has 0 saturated carbocycles. The lowest BCUT2D eigenvalue weighted by Crippen LogP contribution is -2.25. The van der Waals surface area contributed by atoms with Gasteiger partial charge in [0.25, 0.3) is 5.91 Å². The van der Waals surface area contributed by atoms with Crippen molar-refractivity contribution in [3.63, 3.8) is 0 Å². The molecule has 0 saturated heterocycles. The molecule has 18 heavy (non-hydrogen) atoms. The van der Waals surface area contributed by atoms with E-state index in [1.807, 2.05) is 36.0 Å². The number of thioether (sulfide) groups is 1. The Bertz CT molecular complexity index is 365. The SMILES string of the molecule is CSC(C)CCNC(=O)c1ccc(CCN)cc1. The summed E-state index contributed by atoms with van der Waals surface area (Å²) in [6.45, 7) is 3.53. The second kappa shape index (κ2) is 8.16. The first kappa shape index (κ1) is 15.1. The van der Waals surface area contributed by atoms with Gasteiger partial charge in [0.15, 0.2) is 0 Å². The molecule has 1 aromatic carbocycles. The van der Waals surface area contributed by atoms with Gasteiger partial charge in [-0.3, -0.25) is 4.79 Å². The molecular weight excluding hydrogens is 244 g/mol. The lowest BCUT2D eigenvalue weighted by molar-refractivity contribution is 0.0953. The van der Waals surface area contributed by atoms with Gasteiger partial charge in [0.05, 0.1) is 0 Å². The molecule has 0 aromatic heterocycles. The molecule has 1 unspecified atom stereocenters. The van der Waals surface area contributed by atoms with Crippen molar-refractivity contribution in [2.45, 2.75) is 25.0 Å². The number of amides is 1. The van der Waals surface area contributed by atoms with Crippen molar-refractivity contribution in [1.82, 2.24) is 5.32 Å². The molecule has 1 amide bonds. The number of carbonyl (C=O) groups is 1. The molecule has 0 aliphatic heterocycles. The average molecular weight is 266 g/mol. The van der Waals surface area contributed by atoms with E-state index in [-0.39, 0.29) is 5.91 Å². The maximum Gasteiger partial charge on any atom is 0.251 e. The fourth-order valence-electron chi connectivity index (χ4n) is 1.60. The molecule has 0 radical (unpaired) electrons. The van der Waals surface area contributed by atoms with Gasteiger partial charge in [-0.15, -0.1) is 0 Å². The van der Waals surface area contributed by atoms with Gasteiger partial charge in [-0.25, -0.2) is 0 Å². The van der Waals surface area contributed by atoms with Crippen LogP contribution in [0.15, 0.2) is 24.3 Å². The maximum atomic E-state index is 11.8. The molecule has 3 nitrogen and oxygen atoms in total. The smallest absolute Gasteiger partial charge is 0.251 e. The van der Waals surface area contributed by atoms with Crippen LogP contribution in [0.5, 0.6) is 0 Å². The summed E-state index contributed by atoms with van der Waals surface area (Å²) in [7, 11) is 0. The third kappa shape index (κ3) is 5.10. The van der Waals surface area contributed by atoms with Crippen LogP contribution in [-0.4, -0.2) is 30.5 Å². The summed E-state index contributed by atoms with van der Waals surface area (Å²) in [5, 5.41) is 3.52. The van der Waals surface area contributed by atoms with Crippen molar-refractivity contribution in [1.29, 1.82) is 0 Å². The molecule has 0 fully saturated rings. The molecule has 3 N–H and O–H groups in total. The van der Waals surface area contributed by atoms with Crippen LogP contribution in [0.2, 0.25) is 0 Å². The highest BCUT2D eigenvalue weighted by molar-refractivity contribution is 7.99. The van der Waals surface area contributed by atoms with Gasteiger partial charge in [-0.1, -0.05) is 19.1 Å². The standard InChI is InChI=1S/C14H22N2OS/c1-11(18-2)8-10-16-14(17)13-5-3-12(4-6-13)7-9-15/h3-6,11H,7-10,15H2,1-2H3,(H,16,17). The van der Waals surface area contributed by atoms with Crippen LogP contribution >= 0.6 is 11.8 Å². The zero-order chi connectivity index (χ0) is 13.4. The van der Waals surface area contributed by atoms with Gasteiger partial charge in [-0.05, 0) is 43.3 Å². The van der Waals surface area contributed by atoms with E-state index in [2.05, 4.69) is 18.5 Å². The van der Waals surface area contributed by atoms with Crippen molar-refractivity contribution in [3.8, 4) is 0 Å². The van der Waals surface area contributed by atoms with E-state index >= 15 is 0 Å². The predicted octanol–water partition coefficient (Wildman–Crippen LogP) is 2.06. The Morgan fingerprint density at radius 3 is 2.61 bits per heavy atom. The molecule has 0 spiro atoms. The molecule has 100 valence electrons. The topological polar surface area (TPSA) is 55.1 Å². The van der Waals surface area contributed by atoms with Crippen LogP contribution < -0.4 is 11.1 Å². The van der Waals surface area contributed by atoms with Crippen LogP contribution in [0.25, 0.3) is 0 Å². The Morgan fingerprint density at radius 2 is 2.06 bits per heavy atom. The Hall–Kier alpha value is -1.00. The van der Waals surface area contributed by atoms with E-state index in [1.165, 1.54) is 5.56 Å². The average Bonchev–Trinajstić information content (AvgIpc) is 2.39. The lowest BCUT2D eigenvalue weighted by Gasteiger charge is -2.09. The van der Waals surface area contributed by atoms with E-state index in [4.69, 9.17) is 5.73 Å². The Kier molecular flexibility index (Phi) is 6.83. The second-order valence-electron chi connectivity index (χ2n) is 4.33. The normalized spacial score (nSPS) is 12.2. The van der Waals surface area contributed by atoms with E-state index in [1.54, 1.807) is 0 Å². The fourth-order valence-corrected chi connectivity index (χ4v) is 1.95.